The van der Waals surface area contributed by atoms with Crippen LogP contribution >= 0.6 is 0 Å². The zero-order chi connectivity index (χ0) is 14.8. The molecule has 106 valence electrons. The van der Waals surface area contributed by atoms with Gasteiger partial charge in [0.25, 0.3) is 0 Å². The summed E-state index contributed by atoms with van der Waals surface area (Å²) in [6.07, 6.45) is -5.12. The molecule has 0 aromatic carbocycles. The molecule has 0 radical (unpaired) electrons. The van der Waals surface area contributed by atoms with Gasteiger partial charge in [0.05, 0.1) is 12.2 Å². The fraction of sp³-hybridized carbons (Fsp3) is 0.500. The highest BCUT2D eigenvalue weighted by molar-refractivity contribution is 5.86. The second-order valence-electron chi connectivity index (χ2n) is 3.97. The van der Waals surface area contributed by atoms with Gasteiger partial charge in [0.2, 0.25) is 0 Å². The number of carbonyl (C=O) groups is 2. The van der Waals surface area contributed by atoms with Crippen LogP contribution in [0.4, 0.5) is 13.2 Å². The third-order valence-electron chi connectivity index (χ3n) is 2.32. The highest BCUT2D eigenvalue weighted by atomic mass is 19.4. The van der Waals surface area contributed by atoms with Crippen LogP contribution in [0.2, 0.25) is 0 Å². The number of hydrogen-bond donors (Lipinski definition) is 2. The van der Waals surface area contributed by atoms with Crippen LogP contribution in [0, 0.1) is 13.8 Å². The first-order chi connectivity index (χ1) is 8.61. The van der Waals surface area contributed by atoms with Crippen molar-refractivity contribution in [1.82, 2.24) is 15.1 Å². The molecule has 1 heterocycles. The van der Waals surface area contributed by atoms with E-state index in [2.05, 4.69) is 5.10 Å². The van der Waals surface area contributed by atoms with Crippen molar-refractivity contribution in [3.05, 3.63) is 17.5 Å². The van der Waals surface area contributed by atoms with Crippen molar-refractivity contribution >= 4 is 11.9 Å². The maximum Gasteiger partial charge on any atom is 0.471 e. The highest BCUT2D eigenvalue weighted by Gasteiger charge is 2.41. The number of carbonyl (C=O) groups excluding carboxylic acids is 1. The van der Waals surface area contributed by atoms with Gasteiger partial charge in [0.1, 0.15) is 6.04 Å². The van der Waals surface area contributed by atoms with E-state index in [9.17, 15) is 22.8 Å². The van der Waals surface area contributed by atoms with Crippen LogP contribution in [-0.2, 0) is 16.1 Å². The topological polar surface area (TPSA) is 84.2 Å². The van der Waals surface area contributed by atoms with E-state index in [-0.39, 0.29) is 6.54 Å². The van der Waals surface area contributed by atoms with Gasteiger partial charge in [0, 0.05) is 5.69 Å². The molecule has 0 spiro atoms. The monoisotopic (exact) mass is 279 g/mol. The molecule has 2 N–H and O–H groups in total. The van der Waals surface area contributed by atoms with E-state index in [1.807, 2.05) is 0 Å². The summed E-state index contributed by atoms with van der Waals surface area (Å²) in [5.74, 6) is -3.86. The van der Waals surface area contributed by atoms with Gasteiger partial charge in [-0.1, -0.05) is 0 Å². The molecular formula is C10H12F3N3O3. The van der Waals surface area contributed by atoms with Crippen LogP contribution in [0.5, 0.6) is 0 Å². The van der Waals surface area contributed by atoms with Gasteiger partial charge in [-0.15, -0.1) is 0 Å². The SMILES string of the molecule is Cc1cc(C)n(CC(NC(=O)C(F)(F)F)C(=O)O)n1. The summed E-state index contributed by atoms with van der Waals surface area (Å²) in [6.45, 7) is 2.91. The molecule has 6 nitrogen and oxygen atoms in total. The quantitative estimate of drug-likeness (QED) is 0.846. The predicted octanol–water partition coefficient (Wildman–Crippen LogP) is 0.632. The average Bonchev–Trinajstić information content (AvgIpc) is 2.54. The zero-order valence-corrected chi connectivity index (χ0v) is 10.2. The number of aliphatic carboxylic acids is 1. The molecule has 1 aromatic rings. The van der Waals surface area contributed by atoms with E-state index >= 15 is 0 Å². The Labute approximate surface area is 106 Å². The lowest BCUT2D eigenvalue weighted by Gasteiger charge is -2.16. The molecule has 1 amide bonds. The van der Waals surface area contributed by atoms with Crippen LogP contribution in [0.1, 0.15) is 11.4 Å². The Hall–Kier alpha value is -2.06. The van der Waals surface area contributed by atoms with Gasteiger partial charge in [-0.25, -0.2) is 4.79 Å². The number of nitrogens with one attached hydrogen (secondary N) is 1. The van der Waals surface area contributed by atoms with Gasteiger partial charge in [0.15, 0.2) is 0 Å². The number of hydrogen-bond acceptors (Lipinski definition) is 3. The number of aryl methyl sites for hydroxylation is 2. The van der Waals surface area contributed by atoms with E-state index in [1.165, 1.54) is 10.00 Å². The van der Waals surface area contributed by atoms with Crippen molar-refractivity contribution in [2.45, 2.75) is 32.6 Å². The van der Waals surface area contributed by atoms with E-state index < -0.39 is 24.1 Å². The summed E-state index contributed by atoms with van der Waals surface area (Å²) in [5, 5.41) is 14.2. The number of halogens is 3. The highest BCUT2D eigenvalue weighted by Crippen LogP contribution is 2.15. The first kappa shape index (κ1) is 15.0. The lowest BCUT2D eigenvalue weighted by molar-refractivity contribution is -0.175. The third kappa shape index (κ3) is 3.97. The lowest BCUT2D eigenvalue weighted by Crippen LogP contribution is -2.49. The zero-order valence-electron chi connectivity index (χ0n) is 10.2. The molecule has 0 aliphatic rings. The fourth-order valence-corrected chi connectivity index (χ4v) is 1.46. The minimum atomic E-state index is -5.12. The third-order valence-corrected chi connectivity index (χ3v) is 2.32. The van der Waals surface area contributed by atoms with E-state index in [1.54, 1.807) is 19.9 Å². The molecule has 1 rings (SSSR count). The lowest BCUT2D eigenvalue weighted by atomic mass is 10.3. The molecule has 0 fully saturated rings. The normalized spacial score (nSPS) is 13.1. The second-order valence-corrected chi connectivity index (χ2v) is 3.97. The van der Waals surface area contributed by atoms with Crippen molar-refractivity contribution in [3.63, 3.8) is 0 Å². The molecule has 9 heteroatoms. The number of rotatable bonds is 4. The van der Waals surface area contributed by atoms with Gasteiger partial charge < -0.3 is 10.4 Å². The average molecular weight is 279 g/mol. The summed E-state index contributed by atoms with van der Waals surface area (Å²) in [5.41, 5.74) is 1.19. The first-order valence-electron chi connectivity index (χ1n) is 5.23. The smallest absolute Gasteiger partial charge is 0.471 e. The van der Waals surface area contributed by atoms with Crippen molar-refractivity contribution in [1.29, 1.82) is 0 Å². The Morgan fingerprint density at radius 3 is 2.42 bits per heavy atom. The van der Waals surface area contributed by atoms with E-state index in [0.29, 0.717) is 11.4 Å². The van der Waals surface area contributed by atoms with Gasteiger partial charge >= 0.3 is 18.1 Å². The predicted molar refractivity (Wildman–Crippen MR) is 57.3 cm³/mol. The van der Waals surface area contributed by atoms with Crippen LogP contribution in [0.25, 0.3) is 0 Å². The maximum atomic E-state index is 12.1. The number of alkyl halides is 3. The molecular weight excluding hydrogens is 267 g/mol. The minimum absolute atomic E-state index is 0.378. The Morgan fingerprint density at radius 2 is 2.05 bits per heavy atom. The molecule has 0 aliphatic carbocycles. The van der Waals surface area contributed by atoms with Crippen molar-refractivity contribution < 1.29 is 27.9 Å². The molecule has 0 saturated carbocycles. The molecule has 19 heavy (non-hydrogen) atoms. The standard InChI is InChI=1S/C10H12F3N3O3/c1-5-3-6(2)16(15-5)4-7(8(17)18)14-9(19)10(11,12)13/h3,7H,4H2,1-2H3,(H,14,19)(H,17,18). The molecule has 0 aliphatic heterocycles. The second kappa shape index (κ2) is 5.29. The van der Waals surface area contributed by atoms with Crippen LogP contribution in [-0.4, -0.2) is 39.0 Å². The number of carboxylic acids is 1. The summed E-state index contributed by atoms with van der Waals surface area (Å²) in [4.78, 5) is 21.6. The molecule has 1 atom stereocenters. The number of aromatic nitrogens is 2. The largest absolute Gasteiger partial charge is 0.480 e. The number of nitrogens with zero attached hydrogens (tertiary/aromatic N) is 2. The first-order valence-corrected chi connectivity index (χ1v) is 5.23. The Balaban J connectivity index is 2.83. The van der Waals surface area contributed by atoms with Crippen LogP contribution < -0.4 is 5.32 Å². The van der Waals surface area contributed by atoms with Crippen molar-refractivity contribution in [2.75, 3.05) is 0 Å². The summed E-state index contributed by atoms with van der Waals surface area (Å²) >= 11 is 0. The molecule has 0 saturated heterocycles. The summed E-state index contributed by atoms with van der Waals surface area (Å²) in [6, 6.07) is -0.0584. The maximum absolute atomic E-state index is 12.1. The van der Waals surface area contributed by atoms with Gasteiger partial charge in [-0.3, -0.25) is 9.48 Å². The molecule has 0 bridgehead atoms. The Kier molecular flexibility index (Phi) is 4.17. The molecule has 1 unspecified atom stereocenters. The van der Waals surface area contributed by atoms with E-state index in [4.69, 9.17) is 5.11 Å². The van der Waals surface area contributed by atoms with Crippen molar-refractivity contribution in [2.24, 2.45) is 0 Å². The van der Waals surface area contributed by atoms with Gasteiger partial charge in [-0.2, -0.15) is 18.3 Å². The van der Waals surface area contributed by atoms with Gasteiger partial charge in [-0.05, 0) is 19.9 Å². The molecule has 1 aromatic heterocycles. The summed E-state index contributed by atoms with van der Waals surface area (Å²) < 4.78 is 37.4. The number of carboxylic acid groups (broad SMARTS) is 1. The minimum Gasteiger partial charge on any atom is -0.480 e. The number of amides is 1. The van der Waals surface area contributed by atoms with Crippen LogP contribution in [0.3, 0.4) is 0 Å². The van der Waals surface area contributed by atoms with Crippen LogP contribution in [0.15, 0.2) is 6.07 Å². The van der Waals surface area contributed by atoms with Crippen molar-refractivity contribution in [3.8, 4) is 0 Å². The Morgan fingerprint density at radius 1 is 1.47 bits per heavy atom. The fourth-order valence-electron chi connectivity index (χ4n) is 1.46. The van der Waals surface area contributed by atoms with E-state index in [0.717, 1.165) is 0 Å². The summed E-state index contributed by atoms with van der Waals surface area (Å²) in [7, 11) is 0. The Bertz CT molecular complexity index is 496.